The maximum Gasteiger partial charge on any atom is 0.236 e. The van der Waals surface area contributed by atoms with E-state index in [0.29, 0.717) is 24.5 Å². The van der Waals surface area contributed by atoms with Crippen LogP contribution in [0.5, 0.6) is 0 Å². The van der Waals surface area contributed by atoms with Crippen LogP contribution in [0.2, 0.25) is 0 Å². The van der Waals surface area contributed by atoms with E-state index in [2.05, 4.69) is 10.1 Å². The molecule has 3 rings (SSSR count). The van der Waals surface area contributed by atoms with Crippen molar-refractivity contribution in [3.8, 4) is 11.3 Å². The minimum Gasteiger partial charge on any atom is -0.388 e. The fourth-order valence-electron chi connectivity index (χ4n) is 2.71. The van der Waals surface area contributed by atoms with Crippen molar-refractivity contribution in [1.82, 2.24) is 10.1 Å². The molecule has 1 amide bonds. The number of piperazine rings is 1. The monoisotopic (exact) mass is 316 g/mol. The van der Waals surface area contributed by atoms with Gasteiger partial charge in [-0.15, -0.1) is 0 Å². The molecule has 0 radical (unpaired) electrons. The molecule has 0 aliphatic carbocycles. The predicted molar refractivity (Wildman–Crippen MR) is 85.7 cm³/mol. The van der Waals surface area contributed by atoms with Crippen LogP contribution in [-0.2, 0) is 11.4 Å². The number of aromatic nitrogens is 1. The van der Waals surface area contributed by atoms with Crippen LogP contribution >= 0.6 is 0 Å². The highest BCUT2D eigenvalue weighted by Crippen LogP contribution is 2.24. The Morgan fingerprint density at radius 3 is 2.48 bits per heavy atom. The van der Waals surface area contributed by atoms with Gasteiger partial charge in [-0.1, -0.05) is 17.3 Å². The number of aliphatic hydroxyl groups is 1. The lowest BCUT2D eigenvalue weighted by Gasteiger charge is -2.36. The molecule has 7 nitrogen and oxygen atoms in total. The number of hydrogen-bond acceptors (Lipinski definition) is 6. The molecule has 0 unspecified atom stereocenters. The molecule has 2 heterocycles. The lowest BCUT2D eigenvalue weighted by atomic mass is 10.1. The van der Waals surface area contributed by atoms with Gasteiger partial charge in [0.05, 0.1) is 6.54 Å². The Morgan fingerprint density at radius 2 is 1.91 bits per heavy atom. The molecule has 1 aliphatic rings. The Labute approximate surface area is 134 Å². The van der Waals surface area contributed by atoms with E-state index in [9.17, 15) is 4.79 Å². The predicted octanol–water partition coefficient (Wildman–Crippen LogP) is 0.441. The van der Waals surface area contributed by atoms with Crippen LogP contribution in [0.15, 0.2) is 34.9 Å². The molecule has 3 N–H and O–H groups in total. The Kier molecular flexibility index (Phi) is 4.59. The Balaban J connectivity index is 1.65. The summed E-state index contributed by atoms with van der Waals surface area (Å²) in [5, 5.41) is 12.9. The molecule has 7 heteroatoms. The van der Waals surface area contributed by atoms with Gasteiger partial charge in [-0.3, -0.25) is 4.79 Å². The molecule has 23 heavy (non-hydrogen) atoms. The molecule has 0 spiro atoms. The van der Waals surface area contributed by atoms with Crippen LogP contribution in [0.4, 0.5) is 5.69 Å². The molecule has 2 aromatic rings. The van der Waals surface area contributed by atoms with Gasteiger partial charge in [-0.2, -0.15) is 0 Å². The number of hydrogen-bond donors (Lipinski definition) is 2. The minimum absolute atomic E-state index is 0.00529. The summed E-state index contributed by atoms with van der Waals surface area (Å²) in [6.45, 7) is 2.90. The average molecular weight is 316 g/mol. The van der Waals surface area contributed by atoms with E-state index in [0.717, 1.165) is 24.3 Å². The summed E-state index contributed by atoms with van der Waals surface area (Å²) >= 11 is 0. The van der Waals surface area contributed by atoms with Crippen molar-refractivity contribution >= 4 is 11.6 Å². The summed E-state index contributed by atoms with van der Waals surface area (Å²) in [4.78, 5) is 15.6. The summed E-state index contributed by atoms with van der Waals surface area (Å²) < 4.78 is 5.00. The largest absolute Gasteiger partial charge is 0.388 e. The van der Waals surface area contributed by atoms with E-state index >= 15 is 0 Å². The van der Waals surface area contributed by atoms with Gasteiger partial charge in [0.25, 0.3) is 0 Å². The zero-order valence-electron chi connectivity index (χ0n) is 12.8. The zero-order chi connectivity index (χ0) is 16.2. The van der Waals surface area contributed by atoms with Crippen molar-refractivity contribution in [3.63, 3.8) is 0 Å². The fourth-order valence-corrected chi connectivity index (χ4v) is 2.71. The second-order valence-electron chi connectivity index (χ2n) is 5.46. The molecule has 1 fully saturated rings. The number of benzene rings is 1. The van der Waals surface area contributed by atoms with E-state index in [-0.39, 0.29) is 19.1 Å². The highest BCUT2D eigenvalue weighted by atomic mass is 16.5. The quantitative estimate of drug-likeness (QED) is 0.850. The number of aliphatic hydroxyl groups excluding tert-OH is 1. The first kappa shape index (κ1) is 15.5. The Morgan fingerprint density at radius 1 is 1.22 bits per heavy atom. The lowest BCUT2D eigenvalue weighted by Crippen LogP contribution is -2.50. The van der Waals surface area contributed by atoms with Crippen molar-refractivity contribution < 1.29 is 14.4 Å². The first-order chi connectivity index (χ1) is 11.2. The van der Waals surface area contributed by atoms with E-state index in [1.54, 1.807) is 11.0 Å². The highest BCUT2D eigenvalue weighted by molar-refractivity contribution is 5.78. The van der Waals surface area contributed by atoms with Crippen molar-refractivity contribution in [2.45, 2.75) is 6.61 Å². The van der Waals surface area contributed by atoms with Gasteiger partial charge < -0.3 is 25.2 Å². The average Bonchev–Trinajstić information content (AvgIpc) is 3.10. The second-order valence-corrected chi connectivity index (χ2v) is 5.46. The molecule has 1 aliphatic heterocycles. The van der Waals surface area contributed by atoms with E-state index in [1.807, 2.05) is 24.3 Å². The molecule has 122 valence electrons. The summed E-state index contributed by atoms with van der Waals surface area (Å²) in [5.41, 5.74) is 8.16. The Hall–Kier alpha value is -2.38. The molecule has 1 aromatic carbocycles. The minimum atomic E-state index is -0.156. The van der Waals surface area contributed by atoms with Crippen molar-refractivity contribution in [2.24, 2.45) is 5.73 Å². The molecule has 0 saturated carbocycles. The first-order valence-corrected chi connectivity index (χ1v) is 7.61. The van der Waals surface area contributed by atoms with E-state index in [1.165, 1.54) is 0 Å². The van der Waals surface area contributed by atoms with E-state index in [4.69, 9.17) is 15.4 Å². The summed E-state index contributed by atoms with van der Waals surface area (Å²) in [6.07, 6.45) is 0. The van der Waals surface area contributed by atoms with Crippen LogP contribution in [0.25, 0.3) is 11.3 Å². The van der Waals surface area contributed by atoms with Crippen LogP contribution in [-0.4, -0.2) is 53.8 Å². The number of rotatable bonds is 4. The molecule has 0 bridgehead atoms. The summed E-state index contributed by atoms with van der Waals surface area (Å²) in [6, 6.07) is 9.75. The van der Waals surface area contributed by atoms with Gasteiger partial charge in [0.2, 0.25) is 5.91 Å². The normalized spacial score (nSPS) is 15.0. The highest BCUT2D eigenvalue weighted by Gasteiger charge is 2.20. The second kappa shape index (κ2) is 6.80. The van der Waals surface area contributed by atoms with Gasteiger partial charge >= 0.3 is 0 Å². The number of nitrogens with zero attached hydrogens (tertiary/aromatic N) is 3. The van der Waals surface area contributed by atoms with Gasteiger partial charge in [0.15, 0.2) is 5.76 Å². The van der Waals surface area contributed by atoms with Crippen molar-refractivity contribution in [3.05, 3.63) is 36.1 Å². The zero-order valence-corrected chi connectivity index (χ0v) is 12.8. The number of amides is 1. The van der Waals surface area contributed by atoms with Gasteiger partial charge in [-0.25, -0.2) is 0 Å². The molecular weight excluding hydrogens is 296 g/mol. The van der Waals surface area contributed by atoms with Crippen molar-refractivity contribution in [2.75, 3.05) is 37.6 Å². The molecular formula is C16H20N4O3. The number of carbonyl (C=O) groups is 1. The van der Waals surface area contributed by atoms with Gasteiger partial charge in [-0.05, 0) is 12.1 Å². The topological polar surface area (TPSA) is 95.8 Å². The maximum absolute atomic E-state index is 11.6. The third kappa shape index (κ3) is 3.35. The van der Waals surface area contributed by atoms with Crippen molar-refractivity contribution in [1.29, 1.82) is 0 Å². The summed E-state index contributed by atoms with van der Waals surface area (Å²) in [7, 11) is 0. The third-order valence-corrected chi connectivity index (χ3v) is 4.05. The molecule has 1 aromatic heterocycles. The van der Waals surface area contributed by atoms with Crippen LogP contribution in [0, 0.1) is 0 Å². The molecule has 1 saturated heterocycles. The lowest BCUT2D eigenvalue weighted by molar-refractivity contribution is -0.129. The van der Waals surface area contributed by atoms with Crippen LogP contribution in [0.1, 0.15) is 5.76 Å². The summed E-state index contributed by atoms with van der Waals surface area (Å²) in [5.74, 6) is 0.454. The first-order valence-electron chi connectivity index (χ1n) is 7.61. The van der Waals surface area contributed by atoms with Crippen LogP contribution in [0.3, 0.4) is 0 Å². The van der Waals surface area contributed by atoms with E-state index < -0.39 is 0 Å². The van der Waals surface area contributed by atoms with Gasteiger partial charge in [0.1, 0.15) is 12.3 Å². The molecule has 0 atom stereocenters. The van der Waals surface area contributed by atoms with Gasteiger partial charge in [0, 0.05) is 43.5 Å². The number of carbonyl (C=O) groups excluding carboxylic acids is 1. The third-order valence-electron chi connectivity index (χ3n) is 4.05. The Bertz CT molecular complexity index is 660. The number of nitrogens with two attached hydrogens (primary N) is 1. The fraction of sp³-hybridized carbons (Fsp3) is 0.375. The van der Waals surface area contributed by atoms with Crippen LogP contribution < -0.4 is 10.6 Å². The maximum atomic E-state index is 11.6. The standard InChI is InChI=1S/C16H20N4O3/c17-10-16(22)20-7-5-19(6-8-20)13-3-1-12(2-4-13)15-9-14(11-21)23-18-15/h1-4,9,21H,5-8,10-11,17H2. The number of anilines is 1. The smallest absolute Gasteiger partial charge is 0.236 e. The SMILES string of the molecule is NCC(=O)N1CCN(c2ccc(-c3cc(CO)on3)cc2)CC1.